The topological polar surface area (TPSA) is 211 Å². The van der Waals surface area contributed by atoms with Crippen molar-refractivity contribution in [3.8, 4) is 0 Å². The second kappa shape index (κ2) is 6.53. The number of hydrogen-bond acceptors (Lipinski definition) is 8. The van der Waals surface area contributed by atoms with Crippen LogP contribution in [0.15, 0.2) is 0 Å². The first-order chi connectivity index (χ1) is 10.6. The zero-order chi connectivity index (χ0) is 17.4. The van der Waals surface area contributed by atoms with Crippen molar-refractivity contribution in [2.45, 2.75) is 31.0 Å². The summed E-state index contributed by atoms with van der Waals surface area (Å²) in [6.07, 6.45) is -5.57. The monoisotopic (exact) mass is 352 g/mol. The lowest BCUT2D eigenvalue weighted by atomic mass is 10.1. The Morgan fingerprint density at radius 2 is 2.04 bits per heavy atom. The average molecular weight is 352 g/mol. The number of aliphatic hydroxyl groups is 3. The summed E-state index contributed by atoms with van der Waals surface area (Å²) < 4.78 is 16.6. The molecule has 2 heterocycles. The Labute approximate surface area is 129 Å². The van der Waals surface area contributed by atoms with Crippen LogP contribution in [0.3, 0.4) is 0 Å². The third-order valence-electron chi connectivity index (χ3n) is 3.19. The van der Waals surface area contributed by atoms with Gasteiger partial charge in [-0.2, -0.15) is 0 Å². The van der Waals surface area contributed by atoms with Gasteiger partial charge in [-0.15, -0.1) is 0 Å². The van der Waals surface area contributed by atoms with Crippen LogP contribution in [0, 0.1) is 0 Å². The number of nitrogens with zero attached hydrogens (tertiary/aromatic N) is 1. The van der Waals surface area contributed by atoms with Crippen LogP contribution >= 0.6 is 7.60 Å². The molecule has 0 radical (unpaired) electrons. The van der Waals surface area contributed by atoms with Crippen LogP contribution in [0.5, 0.6) is 0 Å². The fraction of sp³-hybridized carbons (Fsp3) is 0.600. The SMILES string of the molecule is NC(=O)Cc1nc(NC2O[C@H](CO)[C@@H](O)[C@H]2O)c(P(=O)(O)O)[nH]1. The van der Waals surface area contributed by atoms with E-state index < -0.39 is 50.1 Å². The molecular weight excluding hydrogens is 335 g/mol. The Morgan fingerprint density at radius 1 is 1.39 bits per heavy atom. The van der Waals surface area contributed by atoms with Crippen molar-refractivity contribution in [3.63, 3.8) is 0 Å². The van der Waals surface area contributed by atoms with E-state index in [-0.39, 0.29) is 18.1 Å². The molecule has 1 fully saturated rings. The summed E-state index contributed by atoms with van der Waals surface area (Å²) in [5.41, 5.74) is 4.38. The molecular formula is C10H17N4O8P. The van der Waals surface area contributed by atoms with E-state index in [2.05, 4.69) is 15.3 Å². The molecule has 1 aliphatic rings. The van der Waals surface area contributed by atoms with Crippen molar-refractivity contribution in [1.29, 1.82) is 0 Å². The van der Waals surface area contributed by atoms with Gasteiger partial charge in [0.05, 0.1) is 13.0 Å². The quantitative estimate of drug-likeness (QED) is 0.233. The second-order valence-electron chi connectivity index (χ2n) is 4.97. The summed E-state index contributed by atoms with van der Waals surface area (Å²) in [7, 11) is -4.77. The van der Waals surface area contributed by atoms with E-state index in [4.69, 9.17) is 15.6 Å². The van der Waals surface area contributed by atoms with E-state index in [0.717, 1.165) is 0 Å². The highest BCUT2D eigenvalue weighted by Gasteiger charge is 2.43. The zero-order valence-corrected chi connectivity index (χ0v) is 12.6. The summed E-state index contributed by atoms with van der Waals surface area (Å²) in [5.74, 6) is -1.22. The first kappa shape index (κ1) is 17.8. The number of H-pyrrole nitrogens is 1. The highest BCUT2D eigenvalue weighted by Crippen LogP contribution is 2.36. The normalized spacial score (nSPS) is 28.0. The van der Waals surface area contributed by atoms with Gasteiger partial charge in [-0.3, -0.25) is 9.36 Å². The van der Waals surface area contributed by atoms with Gasteiger partial charge in [0.2, 0.25) is 5.91 Å². The largest absolute Gasteiger partial charge is 0.394 e. The Bertz CT molecular complexity index is 630. The van der Waals surface area contributed by atoms with Crippen LogP contribution in [0.2, 0.25) is 0 Å². The molecule has 2 rings (SSSR count). The van der Waals surface area contributed by atoms with Crippen LogP contribution in [0.25, 0.3) is 0 Å². The molecule has 1 saturated heterocycles. The highest BCUT2D eigenvalue weighted by atomic mass is 31.2. The van der Waals surface area contributed by atoms with Gasteiger partial charge < -0.3 is 45.9 Å². The summed E-state index contributed by atoms with van der Waals surface area (Å²) in [6.45, 7) is -0.560. The van der Waals surface area contributed by atoms with Crippen LogP contribution in [-0.4, -0.2) is 72.1 Å². The third-order valence-corrected chi connectivity index (χ3v) is 4.09. The first-order valence-corrected chi connectivity index (χ1v) is 8.07. The molecule has 1 aromatic heterocycles. The van der Waals surface area contributed by atoms with Crippen molar-refractivity contribution in [2.75, 3.05) is 11.9 Å². The average Bonchev–Trinajstić information content (AvgIpc) is 2.94. The molecule has 1 amide bonds. The molecule has 13 heteroatoms. The molecule has 0 saturated carbocycles. The number of amides is 1. The minimum absolute atomic E-state index is 0.0925. The number of nitrogens with one attached hydrogen (secondary N) is 2. The van der Waals surface area contributed by atoms with E-state index in [1.807, 2.05) is 0 Å². The van der Waals surface area contributed by atoms with E-state index >= 15 is 0 Å². The maximum atomic E-state index is 11.5. The summed E-state index contributed by atoms with van der Waals surface area (Å²) in [6, 6.07) is 0. The molecule has 4 atom stereocenters. The van der Waals surface area contributed by atoms with Gasteiger partial charge in [0, 0.05) is 0 Å². The third kappa shape index (κ3) is 3.87. The van der Waals surface area contributed by atoms with Gasteiger partial charge in [-0.25, -0.2) is 4.98 Å². The van der Waals surface area contributed by atoms with Gasteiger partial charge in [-0.05, 0) is 0 Å². The molecule has 1 aromatic rings. The number of aliphatic hydroxyl groups excluding tert-OH is 3. The second-order valence-corrected chi connectivity index (χ2v) is 6.51. The molecule has 130 valence electrons. The van der Waals surface area contributed by atoms with Gasteiger partial charge in [0.1, 0.15) is 24.1 Å². The molecule has 0 spiro atoms. The number of hydrogen-bond donors (Lipinski definition) is 8. The fourth-order valence-corrected chi connectivity index (χ4v) is 2.79. The number of imidazole rings is 1. The number of rotatable bonds is 6. The van der Waals surface area contributed by atoms with Crippen molar-refractivity contribution < 1.29 is 39.2 Å². The van der Waals surface area contributed by atoms with Crippen molar-refractivity contribution >= 4 is 24.8 Å². The molecule has 23 heavy (non-hydrogen) atoms. The minimum atomic E-state index is -4.77. The van der Waals surface area contributed by atoms with E-state index in [9.17, 15) is 29.4 Å². The smallest absolute Gasteiger partial charge is 0.376 e. The lowest BCUT2D eigenvalue weighted by Crippen LogP contribution is -2.37. The predicted molar refractivity (Wildman–Crippen MR) is 74.5 cm³/mol. The Balaban J connectivity index is 2.26. The number of aromatic amines is 1. The number of ether oxygens (including phenoxy) is 1. The molecule has 0 bridgehead atoms. The van der Waals surface area contributed by atoms with Gasteiger partial charge >= 0.3 is 7.60 Å². The maximum absolute atomic E-state index is 11.5. The zero-order valence-electron chi connectivity index (χ0n) is 11.7. The number of carbonyl (C=O) groups is 1. The number of carbonyl (C=O) groups excluding carboxylic acids is 1. The molecule has 9 N–H and O–H groups in total. The predicted octanol–water partition coefficient (Wildman–Crippen LogP) is -3.91. The molecule has 1 aliphatic heterocycles. The molecule has 0 aromatic carbocycles. The van der Waals surface area contributed by atoms with Crippen molar-refractivity contribution in [1.82, 2.24) is 9.97 Å². The van der Waals surface area contributed by atoms with Crippen LogP contribution < -0.4 is 16.5 Å². The van der Waals surface area contributed by atoms with E-state index in [1.54, 1.807) is 0 Å². The molecule has 0 aliphatic carbocycles. The standard InChI is InChI=1S/C10H17N4O8P/c11-4(16)1-5-12-8(10(13-5)23(19,20)21)14-9-7(18)6(17)3(2-15)22-9/h3,6-7,9,14-15,17-18H,1-2H2,(H2,11,16)(H,12,13)(H2,19,20,21)/t3-,6-,7-,9?/m1/s1. The summed E-state index contributed by atoms with van der Waals surface area (Å²) in [5, 5.41) is 30.9. The van der Waals surface area contributed by atoms with Crippen LogP contribution in [0.4, 0.5) is 5.82 Å². The highest BCUT2D eigenvalue weighted by molar-refractivity contribution is 7.60. The Kier molecular flexibility index (Phi) is 5.06. The molecule has 12 nitrogen and oxygen atoms in total. The van der Waals surface area contributed by atoms with Crippen LogP contribution in [0.1, 0.15) is 5.82 Å². The summed E-state index contributed by atoms with van der Waals surface area (Å²) >= 11 is 0. The minimum Gasteiger partial charge on any atom is -0.394 e. The molecule has 1 unspecified atom stereocenters. The number of aromatic nitrogens is 2. The van der Waals surface area contributed by atoms with Gasteiger partial charge in [0.25, 0.3) is 0 Å². The lowest BCUT2D eigenvalue weighted by Gasteiger charge is -2.17. The summed E-state index contributed by atoms with van der Waals surface area (Å²) in [4.78, 5) is 35.6. The van der Waals surface area contributed by atoms with E-state index in [1.165, 1.54) is 0 Å². The number of anilines is 1. The van der Waals surface area contributed by atoms with E-state index in [0.29, 0.717) is 0 Å². The van der Waals surface area contributed by atoms with Gasteiger partial charge in [0.15, 0.2) is 17.5 Å². The fourth-order valence-electron chi connectivity index (χ4n) is 2.13. The Morgan fingerprint density at radius 3 is 2.52 bits per heavy atom. The lowest BCUT2D eigenvalue weighted by molar-refractivity contribution is -0.117. The van der Waals surface area contributed by atoms with Crippen molar-refractivity contribution in [3.05, 3.63) is 5.82 Å². The number of nitrogens with two attached hydrogens (primary N) is 1. The van der Waals surface area contributed by atoms with Crippen molar-refractivity contribution in [2.24, 2.45) is 5.73 Å². The number of primary amides is 1. The Hall–Kier alpha value is -1.53. The van der Waals surface area contributed by atoms with Gasteiger partial charge in [-0.1, -0.05) is 0 Å². The van der Waals surface area contributed by atoms with Crippen LogP contribution in [-0.2, 0) is 20.5 Å². The maximum Gasteiger partial charge on any atom is 0.376 e. The first-order valence-electron chi connectivity index (χ1n) is 6.45.